The van der Waals surface area contributed by atoms with Crippen molar-refractivity contribution < 1.29 is 13.2 Å². The summed E-state index contributed by atoms with van der Waals surface area (Å²) in [7, 11) is -1.65. The summed E-state index contributed by atoms with van der Waals surface area (Å²) in [5, 5.41) is 0. The smallest absolute Gasteiger partial charge is 0.279 e. The molecule has 0 unspecified atom stereocenters. The number of nitrogens with zero attached hydrogens (tertiary/aromatic N) is 3. The van der Waals surface area contributed by atoms with Crippen LogP contribution in [-0.2, 0) is 17.1 Å². The molecule has 3 aromatic rings. The number of carbonyl (C=O) groups excluding carboxylic acids is 1. The lowest BCUT2D eigenvalue weighted by atomic mass is 10.1. The van der Waals surface area contributed by atoms with Crippen molar-refractivity contribution in [1.82, 2.24) is 8.87 Å². The van der Waals surface area contributed by atoms with Gasteiger partial charge in [-0.15, -0.1) is 0 Å². The Morgan fingerprint density at radius 2 is 1.81 bits per heavy atom. The van der Waals surface area contributed by atoms with E-state index in [1.807, 2.05) is 24.6 Å². The molecule has 1 aliphatic rings. The van der Waals surface area contributed by atoms with Gasteiger partial charge in [-0.1, -0.05) is 23.8 Å². The van der Waals surface area contributed by atoms with Crippen molar-refractivity contribution in [1.29, 1.82) is 0 Å². The highest BCUT2D eigenvalue weighted by molar-refractivity contribution is 7.89. The molecule has 1 fully saturated rings. The highest BCUT2D eigenvalue weighted by Gasteiger charge is 2.30. The number of thiazole rings is 1. The second-order valence-electron chi connectivity index (χ2n) is 8.20. The van der Waals surface area contributed by atoms with E-state index >= 15 is 0 Å². The number of carbonyl (C=O) groups is 1. The molecule has 164 valence electrons. The molecular formula is C23H27N3O3S2. The normalized spacial score (nSPS) is 18.6. The van der Waals surface area contributed by atoms with Crippen molar-refractivity contribution in [3.8, 4) is 0 Å². The zero-order valence-corrected chi connectivity index (χ0v) is 19.9. The molecule has 2 heterocycles. The average molecular weight is 458 g/mol. The minimum absolute atomic E-state index is 0.00453. The van der Waals surface area contributed by atoms with Crippen LogP contribution in [-0.4, -0.2) is 35.8 Å². The first-order chi connectivity index (χ1) is 14.7. The van der Waals surface area contributed by atoms with Crippen LogP contribution in [0.1, 0.15) is 47.7 Å². The van der Waals surface area contributed by atoms with Gasteiger partial charge in [-0.2, -0.15) is 9.30 Å². The van der Waals surface area contributed by atoms with Crippen molar-refractivity contribution in [3.63, 3.8) is 0 Å². The molecule has 1 aliphatic heterocycles. The first kappa shape index (κ1) is 21.9. The summed E-state index contributed by atoms with van der Waals surface area (Å²) in [5.41, 5.74) is 3.81. The highest BCUT2D eigenvalue weighted by atomic mass is 32.2. The summed E-state index contributed by atoms with van der Waals surface area (Å²) >= 11 is 1.47. The first-order valence-electron chi connectivity index (χ1n) is 10.5. The van der Waals surface area contributed by atoms with Gasteiger partial charge < -0.3 is 4.57 Å². The number of fused-ring (bicyclic) bond motifs is 1. The minimum Gasteiger partial charge on any atom is -0.319 e. The number of amides is 1. The zero-order chi connectivity index (χ0) is 22.3. The molecule has 0 radical (unpaired) electrons. The number of aryl methyl sites for hydroxylation is 3. The number of sulfonamides is 1. The lowest BCUT2D eigenvalue weighted by Gasteiger charge is -2.32. The Bertz CT molecular complexity index is 1320. The molecule has 0 aliphatic carbocycles. The lowest BCUT2D eigenvalue weighted by molar-refractivity contribution is 0.0998. The molecular weight excluding hydrogens is 430 g/mol. The fourth-order valence-corrected chi connectivity index (χ4v) is 6.90. The summed E-state index contributed by atoms with van der Waals surface area (Å²) in [6.45, 7) is 6.62. The van der Waals surface area contributed by atoms with Crippen molar-refractivity contribution >= 4 is 37.5 Å². The molecule has 0 saturated carbocycles. The van der Waals surface area contributed by atoms with Crippen LogP contribution in [0.4, 0.5) is 0 Å². The molecule has 0 N–H and O–H groups in total. The van der Waals surface area contributed by atoms with Crippen molar-refractivity contribution in [3.05, 3.63) is 57.9 Å². The molecule has 31 heavy (non-hydrogen) atoms. The van der Waals surface area contributed by atoms with E-state index in [-0.39, 0.29) is 16.8 Å². The Balaban J connectivity index is 1.64. The third-order valence-corrected chi connectivity index (χ3v) is 9.26. The van der Waals surface area contributed by atoms with Crippen LogP contribution in [0.15, 0.2) is 46.3 Å². The van der Waals surface area contributed by atoms with Gasteiger partial charge in [-0.05, 0) is 75.1 Å². The molecule has 1 atom stereocenters. The van der Waals surface area contributed by atoms with Gasteiger partial charge in [0, 0.05) is 25.2 Å². The van der Waals surface area contributed by atoms with Gasteiger partial charge in [0.1, 0.15) is 0 Å². The van der Waals surface area contributed by atoms with Crippen molar-refractivity contribution in [2.75, 3.05) is 6.54 Å². The second-order valence-corrected chi connectivity index (χ2v) is 11.1. The number of hydrogen-bond donors (Lipinski definition) is 0. The van der Waals surface area contributed by atoms with E-state index in [0.717, 1.165) is 29.5 Å². The van der Waals surface area contributed by atoms with E-state index in [9.17, 15) is 13.2 Å². The van der Waals surface area contributed by atoms with Gasteiger partial charge in [-0.3, -0.25) is 4.79 Å². The van der Waals surface area contributed by atoms with Crippen LogP contribution in [0.2, 0.25) is 0 Å². The first-order valence-corrected chi connectivity index (χ1v) is 12.7. The monoisotopic (exact) mass is 457 g/mol. The number of hydrogen-bond acceptors (Lipinski definition) is 4. The predicted molar refractivity (Wildman–Crippen MR) is 124 cm³/mol. The second kappa shape index (κ2) is 8.33. The van der Waals surface area contributed by atoms with E-state index in [2.05, 4.69) is 24.9 Å². The molecule has 1 saturated heterocycles. The Morgan fingerprint density at radius 1 is 1.10 bits per heavy atom. The lowest BCUT2D eigenvalue weighted by Crippen LogP contribution is -2.41. The number of piperidine rings is 1. The molecule has 6 nitrogen and oxygen atoms in total. The molecule has 0 spiro atoms. The standard InChI is InChI=1S/C23H27N3O3S2/c1-15-8-13-20-21(17(15)3)25(4)23(30-20)24-22(27)18-9-11-19(12-10-18)31(28,29)26-14-6-5-7-16(26)2/h8-13,16H,5-7,14H2,1-4H3/t16-/m1/s1. The molecule has 4 rings (SSSR count). The molecule has 1 aromatic heterocycles. The Hall–Kier alpha value is -2.29. The number of aromatic nitrogens is 1. The van der Waals surface area contributed by atoms with Crippen LogP contribution in [0, 0.1) is 13.8 Å². The Kier molecular flexibility index (Phi) is 5.89. The van der Waals surface area contributed by atoms with E-state index < -0.39 is 10.0 Å². The summed E-state index contributed by atoms with van der Waals surface area (Å²) < 4.78 is 30.6. The van der Waals surface area contributed by atoms with E-state index in [0.29, 0.717) is 16.9 Å². The molecule has 0 bridgehead atoms. The number of benzene rings is 2. The van der Waals surface area contributed by atoms with Gasteiger partial charge in [0.25, 0.3) is 5.91 Å². The Morgan fingerprint density at radius 3 is 2.48 bits per heavy atom. The third kappa shape index (κ3) is 4.00. The van der Waals surface area contributed by atoms with Crippen LogP contribution < -0.4 is 4.80 Å². The summed E-state index contributed by atoms with van der Waals surface area (Å²) in [4.78, 5) is 17.9. The third-order valence-electron chi connectivity index (χ3n) is 6.14. The number of rotatable bonds is 3. The highest BCUT2D eigenvalue weighted by Crippen LogP contribution is 2.26. The largest absolute Gasteiger partial charge is 0.319 e. The van der Waals surface area contributed by atoms with Gasteiger partial charge in [0.2, 0.25) is 10.0 Å². The van der Waals surface area contributed by atoms with Crippen LogP contribution in [0.25, 0.3) is 10.2 Å². The maximum atomic E-state index is 13.0. The van der Waals surface area contributed by atoms with Crippen LogP contribution >= 0.6 is 11.3 Å². The van der Waals surface area contributed by atoms with Crippen molar-refractivity contribution in [2.45, 2.75) is 51.0 Å². The Labute approximate surface area is 186 Å². The zero-order valence-electron chi connectivity index (χ0n) is 18.3. The minimum atomic E-state index is -3.56. The maximum Gasteiger partial charge on any atom is 0.279 e. The van der Waals surface area contributed by atoms with E-state index in [1.165, 1.54) is 34.6 Å². The fraction of sp³-hybridized carbons (Fsp3) is 0.391. The summed E-state index contributed by atoms with van der Waals surface area (Å²) in [5.74, 6) is -0.383. The predicted octanol–water partition coefficient (Wildman–Crippen LogP) is 4.16. The van der Waals surface area contributed by atoms with Crippen LogP contribution in [0.5, 0.6) is 0 Å². The fourth-order valence-electron chi connectivity index (χ4n) is 4.12. The van der Waals surface area contributed by atoms with Gasteiger partial charge in [0.05, 0.1) is 15.1 Å². The summed E-state index contributed by atoms with van der Waals surface area (Å²) in [6, 6.07) is 10.2. The van der Waals surface area contributed by atoms with E-state index in [1.54, 1.807) is 16.4 Å². The van der Waals surface area contributed by atoms with Crippen molar-refractivity contribution in [2.24, 2.45) is 12.0 Å². The molecule has 8 heteroatoms. The van der Waals surface area contributed by atoms with Crippen LogP contribution in [0.3, 0.4) is 0 Å². The van der Waals surface area contributed by atoms with Gasteiger partial charge in [0.15, 0.2) is 4.80 Å². The molecule has 1 amide bonds. The topological polar surface area (TPSA) is 71.7 Å². The van der Waals surface area contributed by atoms with Gasteiger partial charge in [-0.25, -0.2) is 8.42 Å². The maximum absolute atomic E-state index is 13.0. The van der Waals surface area contributed by atoms with E-state index in [4.69, 9.17) is 0 Å². The molecule has 2 aromatic carbocycles. The average Bonchev–Trinajstić information content (AvgIpc) is 3.07. The summed E-state index contributed by atoms with van der Waals surface area (Å²) in [6.07, 6.45) is 2.81. The van der Waals surface area contributed by atoms with Gasteiger partial charge >= 0.3 is 0 Å². The quantitative estimate of drug-likeness (QED) is 0.593. The SMILES string of the molecule is Cc1ccc2sc(=NC(=O)c3ccc(S(=O)(=O)N4CCCC[C@H]4C)cc3)n(C)c2c1C.